The second-order valence-electron chi connectivity index (χ2n) is 4.04. The van der Waals surface area contributed by atoms with Crippen molar-refractivity contribution in [2.45, 2.75) is 19.9 Å². The minimum absolute atomic E-state index is 0.0529. The summed E-state index contributed by atoms with van der Waals surface area (Å²) in [4.78, 5) is 16.0. The summed E-state index contributed by atoms with van der Waals surface area (Å²) in [6.07, 6.45) is 6.36. The van der Waals surface area contributed by atoms with E-state index in [-0.39, 0.29) is 5.56 Å². The molecule has 0 fully saturated rings. The minimum atomic E-state index is 0.0529. The maximum absolute atomic E-state index is 11.8. The van der Waals surface area contributed by atoms with Crippen molar-refractivity contribution in [2.75, 3.05) is 0 Å². The van der Waals surface area contributed by atoms with Crippen LogP contribution in [-0.2, 0) is 20.0 Å². The molecular weight excluding hydrogens is 329 g/mol. The van der Waals surface area contributed by atoms with Crippen molar-refractivity contribution in [3.8, 4) is 0 Å². The Morgan fingerprint density at radius 2 is 2.24 bits per heavy atom. The molecule has 2 heterocycles. The normalized spacial score (nSPS) is 10.8. The molecule has 0 saturated heterocycles. The Morgan fingerprint density at radius 3 is 2.88 bits per heavy atom. The van der Waals surface area contributed by atoms with Crippen LogP contribution in [-0.4, -0.2) is 14.1 Å². The molecule has 0 radical (unpaired) electrons. The quantitative estimate of drug-likeness (QED) is 0.797. The van der Waals surface area contributed by atoms with E-state index in [2.05, 4.69) is 27.6 Å². The number of rotatable bonds is 3. The van der Waals surface area contributed by atoms with Gasteiger partial charge in [0.25, 0.3) is 5.56 Å². The Hall–Kier alpha value is -1.11. The molecule has 0 spiro atoms. The highest BCUT2D eigenvalue weighted by molar-refractivity contribution is 14.1. The third-order valence-electron chi connectivity index (χ3n) is 2.77. The predicted octanol–water partition coefficient (Wildman–Crippen LogP) is 1.74. The Balaban J connectivity index is 2.17. The van der Waals surface area contributed by atoms with Gasteiger partial charge in [-0.1, -0.05) is 0 Å². The lowest BCUT2D eigenvalue weighted by Crippen LogP contribution is -2.21. The highest BCUT2D eigenvalue weighted by Gasteiger charge is 2.03. The van der Waals surface area contributed by atoms with Gasteiger partial charge in [0.05, 0.1) is 0 Å². The van der Waals surface area contributed by atoms with E-state index in [1.807, 2.05) is 30.9 Å². The van der Waals surface area contributed by atoms with Crippen LogP contribution in [0, 0.1) is 10.5 Å². The first-order valence-electron chi connectivity index (χ1n) is 5.40. The van der Waals surface area contributed by atoms with E-state index in [0.717, 1.165) is 21.4 Å². The van der Waals surface area contributed by atoms with Crippen molar-refractivity contribution in [3.05, 3.63) is 50.0 Å². The smallest absolute Gasteiger partial charge is 0.250 e. The molecule has 0 unspecified atom stereocenters. The second kappa shape index (κ2) is 5.03. The van der Waals surface area contributed by atoms with E-state index in [4.69, 9.17) is 0 Å². The molecule has 2 aromatic heterocycles. The van der Waals surface area contributed by atoms with Crippen molar-refractivity contribution >= 4 is 22.6 Å². The lowest BCUT2D eigenvalue weighted by atomic mass is 10.3. The van der Waals surface area contributed by atoms with Crippen molar-refractivity contribution in [1.82, 2.24) is 14.1 Å². The van der Waals surface area contributed by atoms with Gasteiger partial charge in [0.1, 0.15) is 5.82 Å². The largest absolute Gasteiger partial charge is 0.338 e. The van der Waals surface area contributed by atoms with Gasteiger partial charge < -0.3 is 9.13 Å². The van der Waals surface area contributed by atoms with Crippen LogP contribution >= 0.6 is 22.6 Å². The standard InChI is InChI=1S/C12H14IN3O/c1-9-7-12(17)16(8-10(9)13)5-3-11-14-4-6-15(11)2/h4,6-8H,3,5H2,1-2H3. The van der Waals surface area contributed by atoms with E-state index >= 15 is 0 Å². The van der Waals surface area contributed by atoms with Gasteiger partial charge >= 0.3 is 0 Å². The fourth-order valence-corrected chi connectivity index (χ4v) is 2.16. The van der Waals surface area contributed by atoms with E-state index in [0.29, 0.717) is 6.54 Å². The molecule has 17 heavy (non-hydrogen) atoms. The molecule has 5 heteroatoms. The molecular formula is C12H14IN3O. The van der Waals surface area contributed by atoms with Crippen LogP contribution in [0.15, 0.2) is 29.5 Å². The van der Waals surface area contributed by atoms with Crippen LogP contribution in [0.4, 0.5) is 0 Å². The Bertz CT molecular complexity index is 586. The monoisotopic (exact) mass is 343 g/mol. The summed E-state index contributed by atoms with van der Waals surface area (Å²) in [6, 6.07) is 1.68. The van der Waals surface area contributed by atoms with Gasteiger partial charge in [0.15, 0.2) is 0 Å². The van der Waals surface area contributed by atoms with Crippen LogP contribution in [0.2, 0.25) is 0 Å². The Labute approximate surface area is 113 Å². The van der Waals surface area contributed by atoms with Crippen LogP contribution in [0.3, 0.4) is 0 Å². The number of hydrogen-bond acceptors (Lipinski definition) is 2. The lowest BCUT2D eigenvalue weighted by Gasteiger charge is -2.07. The highest BCUT2D eigenvalue weighted by atomic mass is 127. The van der Waals surface area contributed by atoms with E-state index in [9.17, 15) is 4.79 Å². The molecule has 0 amide bonds. The third-order valence-corrected chi connectivity index (χ3v) is 3.90. The molecule has 2 rings (SSSR count). The molecule has 0 aliphatic rings. The minimum Gasteiger partial charge on any atom is -0.338 e. The van der Waals surface area contributed by atoms with Crippen molar-refractivity contribution < 1.29 is 0 Å². The average molecular weight is 343 g/mol. The second-order valence-corrected chi connectivity index (χ2v) is 5.20. The van der Waals surface area contributed by atoms with E-state index in [1.54, 1.807) is 16.8 Å². The molecule has 0 aromatic carbocycles. The van der Waals surface area contributed by atoms with Crippen LogP contribution in [0.25, 0.3) is 0 Å². The maximum atomic E-state index is 11.8. The van der Waals surface area contributed by atoms with Gasteiger partial charge in [0.2, 0.25) is 0 Å². The molecule has 0 aliphatic carbocycles. The SMILES string of the molecule is Cc1cc(=O)n(CCc2nccn2C)cc1I. The number of imidazole rings is 1. The highest BCUT2D eigenvalue weighted by Crippen LogP contribution is 2.07. The Morgan fingerprint density at radius 1 is 1.47 bits per heavy atom. The summed E-state index contributed by atoms with van der Waals surface area (Å²) in [5, 5.41) is 0. The van der Waals surface area contributed by atoms with Gasteiger partial charge in [0, 0.05) is 48.2 Å². The van der Waals surface area contributed by atoms with E-state index in [1.165, 1.54) is 0 Å². The summed E-state index contributed by atoms with van der Waals surface area (Å²) in [5.41, 5.74) is 1.08. The zero-order valence-corrected chi connectivity index (χ0v) is 12.0. The fourth-order valence-electron chi connectivity index (χ4n) is 1.67. The number of aromatic nitrogens is 3. The first kappa shape index (κ1) is 12.3. The molecule has 0 N–H and O–H groups in total. The average Bonchev–Trinajstić information content (AvgIpc) is 2.68. The molecule has 0 aliphatic heterocycles. The summed E-state index contributed by atoms with van der Waals surface area (Å²) >= 11 is 2.25. The molecule has 90 valence electrons. The Kier molecular flexibility index (Phi) is 3.66. The fraction of sp³-hybridized carbons (Fsp3) is 0.333. The van der Waals surface area contributed by atoms with E-state index < -0.39 is 0 Å². The van der Waals surface area contributed by atoms with Gasteiger partial charge in [-0.05, 0) is 35.1 Å². The summed E-state index contributed by atoms with van der Waals surface area (Å²) < 4.78 is 4.83. The number of hydrogen-bond donors (Lipinski definition) is 0. The van der Waals surface area contributed by atoms with Crippen LogP contribution < -0.4 is 5.56 Å². The summed E-state index contributed by atoms with van der Waals surface area (Å²) in [6.45, 7) is 2.62. The maximum Gasteiger partial charge on any atom is 0.250 e. The number of pyridine rings is 1. The summed E-state index contributed by atoms with van der Waals surface area (Å²) in [5.74, 6) is 0.993. The topological polar surface area (TPSA) is 39.8 Å². The van der Waals surface area contributed by atoms with Crippen LogP contribution in [0.5, 0.6) is 0 Å². The van der Waals surface area contributed by atoms with Crippen LogP contribution in [0.1, 0.15) is 11.4 Å². The van der Waals surface area contributed by atoms with Gasteiger partial charge in [-0.15, -0.1) is 0 Å². The molecule has 2 aromatic rings. The first-order valence-corrected chi connectivity index (χ1v) is 6.48. The number of nitrogens with zero attached hydrogens (tertiary/aromatic N) is 3. The van der Waals surface area contributed by atoms with Crippen molar-refractivity contribution in [1.29, 1.82) is 0 Å². The zero-order valence-electron chi connectivity index (χ0n) is 9.85. The summed E-state index contributed by atoms with van der Waals surface area (Å²) in [7, 11) is 1.96. The van der Waals surface area contributed by atoms with Gasteiger partial charge in [-0.2, -0.15) is 0 Å². The van der Waals surface area contributed by atoms with Crippen molar-refractivity contribution in [3.63, 3.8) is 0 Å². The molecule has 0 atom stereocenters. The molecule has 4 nitrogen and oxygen atoms in total. The molecule has 0 bridgehead atoms. The lowest BCUT2D eigenvalue weighted by molar-refractivity contribution is 0.629. The number of halogens is 1. The third kappa shape index (κ3) is 2.77. The van der Waals surface area contributed by atoms with Crippen molar-refractivity contribution in [2.24, 2.45) is 7.05 Å². The predicted molar refractivity (Wildman–Crippen MR) is 75.1 cm³/mol. The number of aryl methyl sites for hydroxylation is 4. The first-order chi connectivity index (χ1) is 8.08. The van der Waals surface area contributed by atoms with Gasteiger partial charge in [-0.25, -0.2) is 4.98 Å². The molecule has 0 saturated carbocycles. The zero-order chi connectivity index (χ0) is 12.4. The van der Waals surface area contributed by atoms with Gasteiger partial charge in [-0.3, -0.25) is 4.79 Å².